The molecule has 3 aliphatic heterocycles. The second kappa shape index (κ2) is 9.21. The molecule has 1 amide bonds. The minimum absolute atomic E-state index is 0.0800. The molecule has 3 aliphatic rings. The van der Waals surface area contributed by atoms with Gasteiger partial charge in [0.2, 0.25) is 5.91 Å². The van der Waals surface area contributed by atoms with Crippen molar-refractivity contribution >= 4 is 5.91 Å². The van der Waals surface area contributed by atoms with Gasteiger partial charge >= 0.3 is 0 Å². The number of ether oxygens (including phenoxy) is 2. The van der Waals surface area contributed by atoms with E-state index in [9.17, 15) is 4.79 Å². The van der Waals surface area contributed by atoms with Crippen molar-refractivity contribution < 1.29 is 14.3 Å². The van der Waals surface area contributed by atoms with Crippen LogP contribution in [-0.2, 0) is 33.7 Å². The fourth-order valence-corrected chi connectivity index (χ4v) is 5.01. The van der Waals surface area contributed by atoms with E-state index in [0.717, 1.165) is 38.2 Å². The van der Waals surface area contributed by atoms with Crippen molar-refractivity contribution in [3.63, 3.8) is 0 Å². The van der Waals surface area contributed by atoms with Crippen LogP contribution in [-0.4, -0.2) is 86.3 Å². The van der Waals surface area contributed by atoms with Crippen LogP contribution in [0, 0.1) is 0 Å². The molecule has 0 N–H and O–H groups in total. The quantitative estimate of drug-likeness (QED) is 0.567. The topological polar surface area (TPSA) is 98.5 Å². The summed E-state index contributed by atoms with van der Waals surface area (Å²) < 4.78 is 13.3. The van der Waals surface area contributed by atoms with Gasteiger partial charge in [0.1, 0.15) is 6.33 Å². The molecule has 0 aliphatic carbocycles. The molecule has 5 heterocycles. The lowest BCUT2D eigenvalue weighted by atomic mass is 9.96. The van der Waals surface area contributed by atoms with Gasteiger partial charge in [-0.2, -0.15) is 4.68 Å². The van der Waals surface area contributed by atoms with Crippen molar-refractivity contribution in [1.29, 1.82) is 0 Å². The molecule has 0 bridgehead atoms. The van der Waals surface area contributed by atoms with E-state index in [-0.39, 0.29) is 18.1 Å². The molecule has 2 atom stereocenters. The largest absolute Gasteiger partial charge is 0.376 e. The van der Waals surface area contributed by atoms with Crippen LogP contribution in [0.25, 0.3) is 5.82 Å². The van der Waals surface area contributed by atoms with Crippen molar-refractivity contribution in [2.45, 2.75) is 31.6 Å². The standard InChI is InChI=1S/C24H27N7O3/c32-24(9-17-1-4-23(25-11-17)31-16-26-27-28-31)30-7-6-29-13-22(34-15-21(29)12-30)19-2-3-20-14-33-8-5-18(20)10-19/h1-4,10-11,16,21-22H,5-9,12-15H2/t21-,22-/m1/s1. The van der Waals surface area contributed by atoms with E-state index in [1.807, 2.05) is 17.0 Å². The minimum atomic E-state index is 0.0800. The summed E-state index contributed by atoms with van der Waals surface area (Å²) in [6.45, 7) is 5.30. The average molecular weight is 462 g/mol. The highest BCUT2D eigenvalue weighted by molar-refractivity contribution is 5.78. The molecule has 0 radical (unpaired) electrons. The zero-order valence-corrected chi connectivity index (χ0v) is 18.9. The predicted octanol–water partition coefficient (Wildman–Crippen LogP) is 0.957. The van der Waals surface area contributed by atoms with Crippen molar-refractivity contribution in [2.75, 3.05) is 39.4 Å². The number of carbonyl (C=O) groups is 1. The molecular weight excluding hydrogens is 434 g/mol. The molecule has 34 heavy (non-hydrogen) atoms. The van der Waals surface area contributed by atoms with Crippen LogP contribution >= 0.6 is 0 Å². The normalized spacial score (nSPS) is 22.8. The molecule has 3 aromatic rings. The minimum Gasteiger partial charge on any atom is -0.376 e. The maximum Gasteiger partial charge on any atom is 0.227 e. The fourth-order valence-electron chi connectivity index (χ4n) is 5.01. The number of tetrazole rings is 1. The molecule has 2 aromatic heterocycles. The number of hydrogen-bond donors (Lipinski definition) is 0. The monoisotopic (exact) mass is 461 g/mol. The van der Waals surface area contributed by atoms with Gasteiger partial charge in [0.15, 0.2) is 5.82 Å². The SMILES string of the molecule is O=C(Cc1ccc(-n2cnnn2)nc1)N1CCN2C[C@H](c3ccc4c(c3)CCOC4)OC[C@H]2C1. The lowest BCUT2D eigenvalue weighted by Gasteiger charge is -2.46. The lowest BCUT2D eigenvalue weighted by molar-refractivity contribution is -0.139. The Labute approximate surface area is 197 Å². The Kier molecular flexibility index (Phi) is 5.78. The summed E-state index contributed by atoms with van der Waals surface area (Å²) in [4.78, 5) is 21.8. The van der Waals surface area contributed by atoms with E-state index in [1.165, 1.54) is 27.7 Å². The summed E-state index contributed by atoms with van der Waals surface area (Å²) in [5.41, 5.74) is 4.79. The summed E-state index contributed by atoms with van der Waals surface area (Å²) in [6.07, 6.45) is 4.58. The zero-order valence-electron chi connectivity index (χ0n) is 18.9. The molecule has 0 saturated carbocycles. The molecule has 0 spiro atoms. The van der Waals surface area contributed by atoms with Crippen LogP contribution in [0.5, 0.6) is 0 Å². The van der Waals surface area contributed by atoms with Gasteiger partial charge in [-0.3, -0.25) is 9.69 Å². The molecule has 10 heteroatoms. The third-order valence-electron chi connectivity index (χ3n) is 6.97. The second-order valence-corrected chi connectivity index (χ2v) is 9.10. The molecule has 2 fully saturated rings. The molecule has 2 saturated heterocycles. The van der Waals surface area contributed by atoms with Gasteiger partial charge in [0, 0.05) is 32.4 Å². The summed E-state index contributed by atoms with van der Waals surface area (Å²) >= 11 is 0. The molecule has 176 valence electrons. The van der Waals surface area contributed by atoms with E-state index >= 15 is 0 Å². The van der Waals surface area contributed by atoms with Gasteiger partial charge in [-0.25, -0.2) is 4.98 Å². The van der Waals surface area contributed by atoms with E-state index in [4.69, 9.17) is 9.47 Å². The van der Waals surface area contributed by atoms with Crippen molar-refractivity contribution in [2.24, 2.45) is 0 Å². The lowest BCUT2D eigenvalue weighted by Crippen LogP contribution is -2.59. The van der Waals surface area contributed by atoms with Gasteiger partial charge < -0.3 is 14.4 Å². The first-order chi connectivity index (χ1) is 16.7. The number of rotatable bonds is 4. The molecule has 0 unspecified atom stereocenters. The van der Waals surface area contributed by atoms with Crippen LogP contribution in [0.1, 0.15) is 28.4 Å². The first-order valence-corrected chi connectivity index (χ1v) is 11.7. The van der Waals surface area contributed by atoms with Crippen LogP contribution in [0.3, 0.4) is 0 Å². The highest BCUT2D eigenvalue weighted by Gasteiger charge is 2.35. The van der Waals surface area contributed by atoms with Gasteiger partial charge in [0.25, 0.3) is 0 Å². The smallest absolute Gasteiger partial charge is 0.227 e. The number of aromatic nitrogens is 5. The number of piperazine rings is 1. The van der Waals surface area contributed by atoms with E-state index < -0.39 is 0 Å². The van der Waals surface area contributed by atoms with Crippen LogP contribution in [0.15, 0.2) is 42.9 Å². The Balaban J connectivity index is 1.05. The first-order valence-electron chi connectivity index (χ1n) is 11.7. The molecule has 10 nitrogen and oxygen atoms in total. The van der Waals surface area contributed by atoms with Crippen LogP contribution in [0.2, 0.25) is 0 Å². The number of pyridine rings is 1. The predicted molar refractivity (Wildman–Crippen MR) is 121 cm³/mol. The number of carbonyl (C=O) groups excluding carboxylic acids is 1. The fraction of sp³-hybridized carbons (Fsp3) is 0.458. The Morgan fingerprint density at radius 2 is 2.09 bits per heavy atom. The number of benzene rings is 1. The van der Waals surface area contributed by atoms with Crippen molar-refractivity contribution in [3.05, 3.63) is 65.1 Å². The maximum absolute atomic E-state index is 13.0. The first kappa shape index (κ1) is 21.3. The Morgan fingerprint density at radius 3 is 2.94 bits per heavy atom. The Bertz CT molecular complexity index is 1150. The maximum atomic E-state index is 13.0. The third-order valence-corrected chi connectivity index (χ3v) is 6.97. The highest BCUT2D eigenvalue weighted by atomic mass is 16.5. The molecular formula is C24H27N7O3. The molecule has 1 aromatic carbocycles. The summed E-state index contributed by atoms with van der Waals surface area (Å²) in [5, 5.41) is 11.1. The number of nitrogens with zero attached hydrogens (tertiary/aromatic N) is 7. The van der Waals surface area contributed by atoms with Crippen molar-refractivity contribution in [1.82, 2.24) is 35.0 Å². The third kappa shape index (κ3) is 4.31. The second-order valence-electron chi connectivity index (χ2n) is 9.10. The van der Waals surface area contributed by atoms with Gasteiger partial charge in [-0.05, 0) is 45.2 Å². The van der Waals surface area contributed by atoms with Crippen molar-refractivity contribution in [3.8, 4) is 5.82 Å². The number of fused-ring (bicyclic) bond motifs is 2. The van der Waals surface area contributed by atoms with Gasteiger partial charge in [0.05, 0.1) is 38.4 Å². The number of hydrogen-bond acceptors (Lipinski definition) is 8. The van der Waals surface area contributed by atoms with Crippen LogP contribution < -0.4 is 0 Å². The number of morpholine rings is 1. The Hall–Kier alpha value is -3.21. The average Bonchev–Trinajstić information content (AvgIpc) is 3.43. The summed E-state index contributed by atoms with van der Waals surface area (Å²) in [7, 11) is 0. The Morgan fingerprint density at radius 1 is 1.12 bits per heavy atom. The van der Waals surface area contributed by atoms with E-state index in [0.29, 0.717) is 32.0 Å². The van der Waals surface area contributed by atoms with Gasteiger partial charge in [-0.15, -0.1) is 5.10 Å². The molecule has 6 rings (SSSR count). The van der Waals surface area contributed by atoms with Crippen LogP contribution in [0.4, 0.5) is 0 Å². The van der Waals surface area contributed by atoms with Gasteiger partial charge in [-0.1, -0.05) is 24.3 Å². The zero-order chi connectivity index (χ0) is 22.9. The highest BCUT2D eigenvalue weighted by Crippen LogP contribution is 2.29. The van der Waals surface area contributed by atoms with E-state index in [1.54, 1.807) is 6.20 Å². The van der Waals surface area contributed by atoms with E-state index in [2.05, 4.69) is 43.6 Å². The summed E-state index contributed by atoms with van der Waals surface area (Å²) in [6, 6.07) is 10.6. The summed E-state index contributed by atoms with van der Waals surface area (Å²) in [5.74, 6) is 0.742. The number of amides is 1.